The summed E-state index contributed by atoms with van der Waals surface area (Å²) in [4.78, 5) is 30.5. The number of piperazine rings is 1. The van der Waals surface area contributed by atoms with Crippen LogP contribution in [0.5, 0.6) is 11.8 Å². The number of carbonyl (C=O) groups excluding carboxylic acids is 1. The Morgan fingerprint density at radius 2 is 2.04 bits per heavy atom. The highest BCUT2D eigenvalue weighted by Crippen LogP contribution is 2.41. The van der Waals surface area contributed by atoms with Gasteiger partial charge in [0.25, 0.3) is 0 Å². The number of hydrogen-bond acceptors (Lipinski definition) is 10. The van der Waals surface area contributed by atoms with Gasteiger partial charge in [-0.05, 0) is 43.5 Å². The summed E-state index contributed by atoms with van der Waals surface area (Å²) in [5.74, 6) is 0.855. The lowest BCUT2D eigenvalue weighted by Gasteiger charge is -2.42. The van der Waals surface area contributed by atoms with Crippen molar-refractivity contribution in [1.29, 1.82) is 0 Å². The highest BCUT2D eigenvalue weighted by atomic mass is 19.1. The molecule has 4 aromatic rings. The van der Waals surface area contributed by atoms with Gasteiger partial charge in [-0.2, -0.15) is 9.97 Å². The van der Waals surface area contributed by atoms with E-state index in [2.05, 4.69) is 31.4 Å². The maximum atomic E-state index is 17.0. The zero-order chi connectivity index (χ0) is 34.8. The number of fused-ring (bicyclic) bond motifs is 8. The summed E-state index contributed by atoms with van der Waals surface area (Å²) in [6.07, 6.45) is 8.01. The van der Waals surface area contributed by atoms with Gasteiger partial charge in [-0.1, -0.05) is 12.0 Å². The van der Waals surface area contributed by atoms with Crippen molar-refractivity contribution in [2.24, 2.45) is 0 Å². The van der Waals surface area contributed by atoms with Gasteiger partial charge in [0.2, 0.25) is 5.91 Å². The SMILES string of the molecule is C#Cc1c(F)ccc2cc(O)cc(-c3ncc4c5nc(nc4c3F)OCC3(CNC(=O)CCOCC46CCC(CN5C4)N6)C[C@@H](F)CN3C)c12. The molecule has 4 atom stereocenters. The second kappa shape index (κ2) is 12.3. The van der Waals surface area contributed by atoms with E-state index in [9.17, 15) is 18.7 Å². The lowest BCUT2D eigenvalue weighted by Crippen LogP contribution is -2.62. The number of hydrogen-bond donors (Lipinski definition) is 3. The van der Waals surface area contributed by atoms with Gasteiger partial charge in [-0.15, -0.1) is 6.42 Å². The van der Waals surface area contributed by atoms with E-state index in [1.165, 1.54) is 30.5 Å². The summed E-state index contributed by atoms with van der Waals surface area (Å²) in [6, 6.07) is 5.33. The van der Waals surface area contributed by atoms with Crippen molar-refractivity contribution in [3.8, 4) is 35.4 Å². The number of pyridine rings is 1. The highest BCUT2D eigenvalue weighted by molar-refractivity contribution is 6.03. The first-order valence-electron chi connectivity index (χ1n) is 16.7. The Balaban J connectivity index is 1.30. The molecule has 0 radical (unpaired) electrons. The van der Waals surface area contributed by atoms with Crippen LogP contribution >= 0.6 is 0 Å². The summed E-state index contributed by atoms with van der Waals surface area (Å²) in [5, 5.41) is 18.2. The molecule has 50 heavy (non-hydrogen) atoms. The topological polar surface area (TPSA) is 125 Å². The number of likely N-dealkylation sites (tertiary alicyclic amines) is 1. The number of alkyl halides is 1. The molecule has 4 aliphatic heterocycles. The first-order valence-corrected chi connectivity index (χ1v) is 16.7. The third kappa shape index (κ3) is 5.53. The van der Waals surface area contributed by atoms with Gasteiger partial charge in [0.15, 0.2) is 5.82 Å². The number of rotatable bonds is 1. The Morgan fingerprint density at radius 3 is 2.84 bits per heavy atom. The maximum absolute atomic E-state index is 17.0. The fraction of sp³-hybridized carbons (Fsp3) is 0.444. The van der Waals surface area contributed by atoms with Gasteiger partial charge >= 0.3 is 6.01 Å². The van der Waals surface area contributed by atoms with Crippen LogP contribution in [0.15, 0.2) is 30.5 Å². The van der Waals surface area contributed by atoms with E-state index in [1.54, 1.807) is 7.05 Å². The number of phenols is 1. The maximum Gasteiger partial charge on any atom is 0.319 e. The summed E-state index contributed by atoms with van der Waals surface area (Å²) >= 11 is 0. The lowest BCUT2D eigenvalue weighted by atomic mass is 9.95. The standard InChI is InChI=1S/C36H36F3N7O4/c1-3-24-27(38)5-4-20-10-23(47)11-25(29(20)24)31-30(39)32-26(13-40-31)33-43-34(42-32)50-19-36(12-21(37)14-45(36)2)16-41-28(48)7-9-49-18-35-8-6-22(44-35)15-46(33)17-35/h1,4-5,10-11,13,21-22,44,47H,6-9,12,14-19H2,2H3,(H,41,48)/t21-,22?,35?,36?/m1/s1. The predicted octanol–water partition coefficient (Wildman–Crippen LogP) is 3.45. The fourth-order valence-corrected chi connectivity index (χ4v) is 8.11. The van der Waals surface area contributed by atoms with Crippen LogP contribution in [0.25, 0.3) is 32.9 Å². The number of likely N-dealkylation sites (N-methyl/N-ethyl adjacent to an activating group) is 1. The van der Waals surface area contributed by atoms with Gasteiger partial charge in [-0.3, -0.25) is 14.7 Å². The van der Waals surface area contributed by atoms with Crippen molar-refractivity contribution in [2.45, 2.75) is 49.0 Å². The second-order valence-electron chi connectivity index (χ2n) is 14.0. The largest absolute Gasteiger partial charge is 0.508 e. The number of ether oxygens (including phenoxy) is 2. The van der Waals surface area contributed by atoms with E-state index in [1.807, 2.05) is 4.90 Å². The van der Waals surface area contributed by atoms with Gasteiger partial charge in [-0.25, -0.2) is 13.2 Å². The van der Waals surface area contributed by atoms with Gasteiger partial charge < -0.3 is 30.1 Å². The summed E-state index contributed by atoms with van der Waals surface area (Å²) in [6.45, 7) is 1.80. The molecule has 4 aliphatic rings. The van der Waals surface area contributed by atoms with Gasteiger partial charge in [0.1, 0.15) is 41.4 Å². The highest BCUT2D eigenvalue weighted by Gasteiger charge is 2.47. The molecular weight excluding hydrogens is 651 g/mol. The summed E-state index contributed by atoms with van der Waals surface area (Å²) in [5.41, 5.74) is -1.64. The smallest absolute Gasteiger partial charge is 0.319 e. The van der Waals surface area contributed by atoms with Crippen LogP contribution in [0.3, 0.4) is 0 Å². The van der Waals surface area contributed by atoms with Crippen molar-refractivity contribution >= 4 is 33.4 Å². The first-order chi connectivity index (χ1) is 24.1. The number of phenolic OH excluding ortho intramolecular Hbond substituents is 1. The number of aromatic hydroxyl groups is 1. The number of terminal acetylenes is 1. The Kier molecular flexibility index (Phi) is 7.97. The van der Waals surface area contributed by atoms with Crippen LogP contribution in [0, 0.1) is 24.0 Å². The van der Waals surface area contributed by atoms with E-state index >= 15 is 4.39 Å². The molecule has 260 valence electrons. The minimum atomic E-state index is -1.14. The number of nitrogens with one attached hydrogen (secondary N) is 2. The summed E-state index contributed by atoms with van der Waals surface area (Å²) < 4.78 is 59.0. The third-order valence-electron chi connectivity index (χ3n) is 10.6. The molecule has 3 fully saturated rings. The van der Waals surface area contributed by atoms with Crippen molar-refractivity contribution in [2.75, 3.05) is 57.9 Å². The molecule has 2 aromatic heterocycles. The van der Waals surface area contributed by atoms with E-state index in [0.717, 1.165) is 12.8 Å². The average Bonchev–Trinajstić information content (AvgIpc) is 3.56. The number of amides is 1. The first kappa shape index (κ1) is 32.5. The van der Waals surface area contributed by atoms with Gasteiger partial charge in [0, 0.05) is 62.2 Å². The van der Waals surface area contributed by atoms with Crippen molar-refractivity contribution < 1.29 is 32.5 Å². The van der Waals surface area contributed by atoms with Crippen LogP contribution in [0.2, 0.25) is 0 Å². The zero-order valence-electron chi connectivity index (χ0n) is 27.4. The van der Waals surface area contributed by atoms with Crippen molar-refractivity contribution in [3.05, 3.63) is 47.7 Å². The van der Waals surface area contributed by atoms with Crippen molar-refractivity contribution in [3.63, 3.8) is 0 Å². The Bertz CT molecular complexity index is 2080. The number of aromatic nitrogens is 3. The molecule has 3 unspecified atom stereocenters. The molecule has 14 heteroatoms. The molecule has 2 spiro atoms. The molecule has 0 saturated carbocycles. The van der Waals surface area contributed by atoms with Gasteiger partial charge in [0.05, 0.1) is 35.2 Å². The monoisotopic (exact) mass is 687 g/mol. The van der Waals surface area contributed by atoms with Crippen LogP contribution in [0.4, 0.5) is 19.0 Å². The molecule has 1 amide bonds. The van der Waals surface area contributed by atoms with E-state index in [-0.39, 0.29) is 90.6 Å². The number of carbonyl (C=O) groups is 1. The van der Waals surface area contributed by atoms with E-state index in [4.69, 9.17) is 20.9 Å². The van der Waals surface area contributed by atoms with Crippen LogP contribution in [-0.2, 0) is 9.53 Å². The quantitative estimate of drug-likeness (QED) is 0.257. The Labute approximate surface area is 286 Å². The number of halogens is 3. The fourth-order valence-electron chi connectivity index (χ4n) is 8.11. The number of benzene rings is 2. The van der Waals surface area contributed by atoms with Crippen molar-refractivity contribution in [1.82, 2.24) is 30.5 Å². The predicted molar refractivity (Wildman–Crippen MR) is 180 cm³/mol. The molecule has 2 aromatic carbocycles. The lowest BCUT2D eigenvalue weighted by molar-refractivity contribution is -0.123. The van der Waals surface area contributed by atoms with Crippen LogP contribution < -0.4 is 20.3 Å². The van der Waals surface area contributed by atoms with Crippen LogP contribution in [-0.4, -0.2) is 107 Å². The molecule has 0 aliphatic carbocycles. The second-order valence-corrected chi connectivity index (χ2v) is 14.0. The minimum absolute atomic E-state index is 0.0820. The molecule has 11 nitrogen and oxygen atoms in total. The minimum Gasteiger partial charge on any atom is -0.508 e. The molecular formula is C36H36F3N7O4. The Hall–Kier alpha value is -4.71. The third-order valence-corrected chi connectivity index (χ3v) is 10.6. The van der Waals surface area contributed by atoms with E-state index < -0.39 is 28.9 Å². The zero-order valence-corrected chi connectivity index (χ0v) is 27.4. The normalized spacial score (nSPS) is 27.4. The number of nitrogens with zero attached hydrogens (tertiary/aromatic N) is 5. The van der Waals surface area contributed by atoms with Crippen LogP contribution in [0.1, 0.15) is 31.2 Å². The molecule has 3 saturated heterocycles. The molecule has 3 N–H and O–H groups in total. The molecule has 8 rings (SSSR count). The van der Waals surface area contributed by atoms with E-state index in [0.29, 0.717) is 36.3 Å². The number of anilines is 1. The summed E-state index contributed by atoms with van der Waals surface area (Å²) in [7, 11) is 1.77. The molecule has 6 heterocycles. The Morgan fingerprint density at radius 1 is 1.18 bits per heavy atom. The molecule has 5 bridgehead atoms. The average molecular weight is 688 g/mol.